The zero-order chi connectivity index (χ0) is 13.6. The number of rotatable bonds is 2. The summed E-state index contributed by atoms with van der Waals surface area (Å²) in [5.41, 5.74) is 0.985. The van der Waals surface area contributed by atoms with Gasteiger partial charge < -0.3 is 9.47 Å². The van der Waals surface area contributed by atoms with Crippen LogP contribution in [0.5, 0.6) is 0 Å². The maximum Gasteiger partial charge on any atom is 0.252 e. The lowest BCUT2D eigenvalue weighted by molar-refractivity contribution is -0.941. The molecule has 102 valence electrons. The van der Waals surface area contributed by atoms with Gasteiger partial charge in [0, 0.05) is 6.92 Å². The normalized spacial score (nSPS) is 37.7. The molecule has 0 aromatic carbocycles. The highest BCUT2D eigenvalue weighted by Gasteiger charge is 2.52. The van der Waals surface area contributed by atoms with E-state index in [-0.39, 0.29) is 6.10 Å². The van der Waals surface area contributed by atoms with Gasteiger partial charge in [0.2, 0.25) is 0 Å². The van der Waals surface area contributed by atoms with E-state index in [1.165, 1.54) is 0 Å². The predicted molar refractivity (Wildman–Crippen MR) is 66.7 cm³/mol. The molecule has 6 nitrogen and oxygen atoms in total. The molecule has 0 spiro atoms. The maximum absolute atomic E-state index is 6.05. The standard InChI is InChI=1S/C12H24N4O2/c1-7-10-9-17-12(2,18-10)11-8-15(3,4)13-14-16(11,5)6/h8,10H,7,9H2,1-6H3/q+2. The summed E-state index contributed by atoms with van der Waals surface area (Å²) in [6.45, 7) is 4.71. The van der Waals surface area contributed by atoms with Crippen LogP contribution in [0, 0.1) is 0 Å². The van der Waals surface area contributed by atoms with Crippen molar-refractivity contribution in [2.75, 3.05) is 34.8 Å². The third-order valence-electron chi connectivity index (χ3n) is 3.38. The first-order valence-corrected chi connectivity index (χ1v) is 6.37. The van der Waals surface area contributed by atoms with Crippen molar-refractivity contribution in [2.45, 2.75) is 32.2 Å². The summed E-state index contributed by atoms with van der Waals surface area (Å²) in [4.78, 5) is 0. The lowest BCUT2D eigenvalue weighted by Gasteiger charge is -2.35. The summed E-state index contributed by atoms with van der Waals surface area (Å²) in [6, 6.07) is 0. The summed E-state index contributed by atoms with van der Waals surface area (Å²) in [7, 11) is 7.90. The Hall–Kier alpha value is -0.820. The number of nitrogens with zero attached hydrogens (tertiary/aromatic N) is 4. The first-order valence-electron chi connectivity index (χ1n) is 6.37. The fourth-order valence-electron chi connectivity index (χ4n) is 2.31. The van der Waals surface area contributed by atoms with E-state index >= 15 is 0 Å². The molecule has 2 unspecified atom stereocenters. The maximum atomic E-state index is 6.05. The van der Waals surface area contributed by atoms with Crippen molar-refractivity contribution in [1.29, 1.82) is 0 Å². The van der Waals surface area contributed by atoms with Crippen molar-refractivity contribution in [2.24, 2.45) is 10.4 Å². The zero-order valence-electron chi connectivity index (χ0n) is 12.2. The second-order valence-corrected chi connectivity index (χ2v) is 5.97. The van der Waals surface area contributed by atoms with E-state index in [1.54, 1.807) is 0 Å². The van der Waals surface area contributed by atoms with Crippen LogP contribution in [-0.4, -0.2) is 55.9 Å². The average molecular weight is 256 g/mol. The third-order valence-corrected chi connectivity index (χ3v) is 3.38. The fraction of sp³-hybridized carbons (Fsp3) is 0.833. The van der Waals surface area contributed by atoms with Gasteiger partial charge in [-0.25, -0.2) is 0 Å². The summed E-state index contributed by atoms with van der Waals surface area (Å²) in [5.74, 6) is -0.709. The van der Waals surface area contributed by atoms with Crippen LogP contribution in [0.3, 0.4) is 0 Å². The molecule has 1 saturated heterocycles. The van der Waals surface area contributed by atoms with Crippen LogP contribution in [0.25, 0.3) is 0 Å². The Morgan fingerprint density at radius 1 is 1.33 bits per heavy atom. The van der Waals surface area contributed by atoms with Gasteiger partial charge in [-0.1, -0.05) is 6.92 Å². The second-order valence-electron chi connectivity index (χ2n) is 5.97. The van der Waals surface area contributed by atoms with E-state index in [0.29, 0.717) is 15.8 Å². The molecule has 1 fully saturated rings. The predicted octanol–water partition coefficient (Wildman–Crippen LogP) is 1.82. The Labute approximate surface area is 109 Å². The highest BCUT2D eigenvalue weighted by atomic mass is 16.7. The van der Waals surface area contributed by atoms with E-state index in [2.05, 4.69) is 17.4 Å². The molecule has 2 heterocycles. The largest absolute Gasteiger partial charge is 0.339 e. The second kappa shape index (κ2) is 4.09. The van der Waals surface area contributed by atoms with Crippen LogP contribution in [-0.2, 0) is 9.47 Å². The summed E-state index contributed by atoms with van der Waals surface area (Å²) < 4.78 is 12.6. The van der Waals surface area contributed by atoms with E-state index in [4.69, 9.17) is 9.47 Å². The van der Waals surface area contributed by atoms with Crippen molar-refractivity contribution in [3.63, 3.8) is 0 Å². The van der Waals surface area contributed by atoms with Gasteiger partial charge in [0.15, 0.2) is 6.20 Å². The summed E-state index contributed by atoms with van der Waals surface area (Å²) >= 11 is 0. The van der Waals surface area contributed by atoms with Gasteiger partial charge in [-0.3, -0.25) is 0 Å². The Bertz CT molecular complexity index is 403. The van der Waals surface area contributed by atoms with Crippen LogP contribution in [0.15, 0.2) is 22.3 Å². The molecular weight excluding hydrogens is 232 g/mol. The van der Waals surface area contributed by atoms with Crippen molar-refractivity contribution in [3.8, 4) is 0 Å². The van der Waals surface area contributed by atoms with Gasteiger partial charge in [0.1, 0.15) is 0 Å². The minimum absolute atomic E-state index is 0.158. The molecule has 6 heteroatoms. The van der Waals surface area contributed by atoms with Gasteiger partial charge >= 0.3 is 0 Å². The molecule has 2 aliphatic heterocycles. The minimum atomic E-state index is -0.709. The lowest BCUT2D eigenvalue weighted by Crippen LogP contribution is -2.50. The number of ether oxygens (including phenoxy) is 2. The van der Waals surface area contributed by atoms with Crippen LogP contribution in [0.4, 0.5) is 0 Å². The van der Waals surface area contributed by atoms with Crippen LogP contribution >= 0.6 is 0 Å². The Balaban J connectivity index is 2.34. The number of hydrogen-bond acceptors (Lipinski definition) is 4. The smallest absolute Gasteiger partial charge is 0.252 e. The van der Waals surface area contributed by atoms with Gasteiger partial charge in [0.05, 0.1) is 51.3 Å². The van der Waals surface area contributed by atoms with Gasteiger partial charge in [-0.05, 0) is 6.42 Å². The highest BCUT2D eigenvalue weighted by Crippen LogP contribution is 2.38. The SMILES string of the molecule is CCC1COC(C)(C2=C[N+](C)(C)N=N[N+]2(C)C)O1. The number of quaternary nitrogens is 2. The lowest BCUT2D eigenvalue weighted by atomic mass is 10.2. The molecule has 2 atom stereocenters. The fourth-order valence-corrected chi connectivity index (χ4v) is 2.31. The average Bonchev–Trinajstić information content (AvgIpc) is 2.66. The Kier molecular flexibility index (Phi) is 3.09. The molecule has 2 aliphatic rings. The molecule has 0 bridgehead atoms. The molecule has 2 rings (SSSR count). The molecule has 0 aromatic heterocycles. The van der Waals surface area contributed by atoms with Crippen LogP contribution in [0.2, 0.25) is 0 Å². The quantitative estimate of drug-likeness (QED) is 0.707. The van der Waals surface area contributed by atoms with Crippen molar-refractivity contribution >= 4 is 0 Å². The zero-order valence-corrected chi connectivity index (χ0v) is 12.2. The van der Waals surface area contributed by atoms with Gasteiger partial charge in [0.25, 0.3) is 11.5 Å². The molecule has 0 saturated carbocycles. The van der Waals surface area contributed by atoms with Gasteiger partial charge in [-0.15, -0.1) is 9.18 Å². The molecule has 0 N–H and O–H groups in total. The summed E-state index contributed by atoms with van der Waals surface area (Å²) in [6.07, 6.45) is 3.16. The third kappa shape index (κ3) is 2.33. The summed E-state index contributed by atoms with van der Waals surface area (Å²) in [5, 5.41) is 8.60. The van der Waals surface area contributed by atoms with E-state index in [1.807, 2.05) is 41.3 Å². The molecule has 18 heavy (non-hydrogen) atoms. The molecule has 0 radical (unpaired) electrons. The Morgan fingerprint density at radius 3 is 2.56 bits per heavy atom. The molecule has 0 aliphatic carbocycles. The van der Waals surface area contributed by atoms with Crippen LogP contribution in [0.1, 0.15) is 20.3 Å². The first-order chi connectivity index (χ1) is 8.19. The number of hydrogen-bond donors (Lipinski definition) is 0. The molecular formula is C12H24N4O2+2. The van der Waals surface area contributed by atoms with Crippen LogP contribution < -0.4 is 0 Å². The molecule has 0 aromatic rings. The van der Waals surface area contributed by atoms with E-state index < -0.39 is 5.79 Å². The first kappa shape index (κ1) is 13.6. The minimum Gasteiger partial charge on any atom is -0.339 e. The number of likely N-dealkylation sites (N-methyl/N-ethyl adjacent to an activating group) is 1. The van der Waals surface area contributed by atoms with E-state index in [9.17, 15) is 0 Å². The van der Waals surface area contributed by atoms with Crippen molar-refractivity contribution < 1.29 is 18.7 Å². The molecule has 0 amide bonds. The topological polar surface area (TPSA) is 43.2 Å². The van der Waals surface area contributed by atoms with Gasteiger partial charge in [-0.2, -0.15) is 0 Å². The monoisotopic (exact) mass is 256 g/mol. The Morgan fingerprint density at radius 2 is 2.00 bits per heavy atom. The highest BCUT2D eigenvalue weighted by molar-refractivity contribution is 5.04. The van der Waals surface area contributed by atoms with Crippen molar-refractivity contribution in [3.05, 3.63) is 11.9 Å². The van der Waals surface area contributed by atoms with E-state index in [0.717, 1.165) is 12.1 Å². The van der Waals surface area contributed by atoms with Crippen molar-refractivity contribution in [1.82, 2.24) is 0 Å².